The monoisotopic (exact) mass is 835 g/mol. The SMILES string of the molecule is CCCCCCCCCCCCCCCC(=O)OC[C@@H](COC(=O)CCCCCCCCCCCCC(C)C)OC(=O)CCCCCCCCCCCCCCC(C)C. The maximum Gasteiger partial charge on any atom is 0.306 e. The lowest BCUT2D eigenvalue weighted by Gasteiger charge is -2.18. The molecule has 0 aliphatic rings. The maximum absolute atomic E-state index is 12.8. The van der Waals surface area contributed by atoms with Crippen LogP contribution in [0.1, 0.15) is 291 Å². The van der Waals surface area contributed by atoms with Gasteiger partial charge in [-0.3, -0.25) is 14.4 Å². The quantitative estimate of drug-likeness (QED) is 0.0345. The number of ether oxygens (including phenoxy) is 3. The van der Waals surface area contributed by atoms with E-state index in [1.165, 1.54) is 180 Å². The molecule has 6 nitrogen and oxygen atoms in total. The number of hydrogen-bond donors (Lipinski definition) is 0. The maximum atomic E-state index is 12.8. The van der Waals surface area contributed by atoms with Gasteiger partial charge in [-0.1, -0.05) is 253 Å². The summed E-state index contributed by atoms with van der Waals surface area (Å²) in [5.41, 5.74) is 0. The van der Waals surface area contributed by atoms with Gasteiger partial charge in [0.05, 0.1) is 0 Å². The lowest BCUT2D eigenvalue weighted by molar-refractivity contribution is -0.167. The number of esters is 3. The minimum absolute atomic E-state index is 0.0635. The summed E-state index contributed by atoms with van der Waals surface area (Å²) in [7, 11) is 0. The molecule has 59 heavy (non-hydrogen) atoms. The van der Waals surface area contributed by atoms with Gasteiger partial charge in [-0.15, -0.1) is 0 Å². The predicted octanol–water partition coefficient (Wildman–Crippen LogP) is 16.9. The van der Waals surface area contributed by atoms with Crippen molar-refractivity contribution >= 4 is 17.9 Å². The molecule has 0 aromatic carbocycles. The smallest absolute Gasteiger partial charge is 0.306 e. The number of rotatable bonds is 47. The first-order valence-corrected chi connectivity index (χ1v) is 26.2. The molecule has 0 radical (unpaired) electrons. The second-order valence-corrected chi connectivity index (χ2v) is 19.1. The predicted molar refractivity (Wildman–Crippen MR) is 252 cm³/mol. The molecule has 0 spiro atoms. The van der Waals surface area contributed by atoms with E-state index in [-0.39, 0.29) is 31.1 Å². The molecule has 0 fully saturated rings. The fraction of sp³-hybridized carbons (Fsp3) is 0.943. The Morgan fingerprint density at radius 3 is 0.831 bits per heavy atom. The number of unbranched alkanes of at least 4 members (excludes halogenated alkanes) is 32. The van der Waals surface area contributed by atoms with Crippen LogP contribution in [0.3, 0.4) is 0 Å². The summed E-state index contributed by atoms with van der Waals surface area (Å²) in [5, 5.41) is 0. The molecule has 1 atom stereocenters. The molecule has 0 aromatic rings. The summed E-state index contributed by atoms with van der Waals surface area (Å²) < 4.78 is 16.8. The van der Waals surface area contributed by atoms with Crippen LogP contribution in [-0.4, -0.2) is 37.2 Å². The van der Waals surface area contributed by atoms with Crippen LogP contribution in [0, 0.1) is 11.8 Å². The Morgan fingerprint density at radius 2 is 0.559 bits per heavy atom. The van der Waals surface area contributed by atoms with Crippen molar-refractivity contribution in [3.63, 3.8) is 0 Å². The van der Waals surface area contributed by atoms with E-state index >= 15 is 0 Å². The Kier molecular flexibility index (Phi) is 44.7. The molecule has 0 bridgehead atoms. The van der Waals surface area contributed by atoms with Gasteiger partial charge < -0.3 is 14.2 Å². The van der Waals surface area contributed by atoms with Crippen molar-refractivity contribution in [2.24, 2.45) is 11.8 Å². The van der Waals surface area contributed by atoms with Crippen LogP contribution in [0.15, 0.2) is 0 Å². The molecule has 6 heteroatoms. The molecule has 0 unspecified atom stereocenters. The van der Waals surface area contributed by atoms with Crippen LogP contribution in [0.2, 0.25) is 0 Å². The largest absolute Gasteiger partial charge is 0.462 e. The van der Waals surface area contributed by atoms with Gasteiger partial charge in [-0.2, -0.15) is 0 Å². The van der Waals surface area contributed by atoms with Crippen molar-refractivity contribution < 1.29 is 28.6 Å². The lowest BCUT2D eigenvalue weighted by Crippen LogP contribution is -2.30. The molecule has 0 heterocycles. The van der Waals surface area contributed by atoms with Crippen LogP contribution in [0.25, 0.3) is 0 Å². The van der Waals surface area contributed by atoms with Crippen molar-refractivity contribution in [2.45, 2.75) is 298 Å². The molecule has 350 valence electrons. The Bertz CT molecular complexity index is 900. The molecular weight excluding hydrogens is 733 g/mol. The second kappa shape index (κ2) is 45.9. The summed E-state index contributed by atoms with van der Waals surface area (Å²) >= 11 is 0. The Labute approximate surface area is 368 Å². The van der Waals surface area contributed by atoms with Gasteiger partial charge in [0.15, 0.2) is 6.10 Å². The number of carbonyl (C=O) groups is 3. The molecule has 0 saturated heterocycles. The standard InChI is InChI=1S/C53H102O6/c1-6-7-8-9-10-11-12-13-17-23-28-33-38-43-51(54)57-46-50(47-58-52(55)44-39-34-29-24-20-19-22-27-32-37-42-49(4)5)59-53(56)45-40-35-30-25-18-15-14-16-21-26-31-36-41-48(2)3/h48-50H,6-47H2,1-5H3/t50-/m0/s1. The van der Waals surface area contributed by atoms with Crippen molar-refractivity contribution in [3.05, 3.63) is 0 Å². The van der Waals surface area contributed by atoms with E-state index in [0.717, 1.165) is 69.6 Å². The molecule has 0 saturated carbocycles. The van der Waals surface area contributed by atoms with Gasteiger partial charge >= 0.3 is 17.9 Å². The van der Waals surface area contributed by atoms with E-state index in [2.05, 4.69) is 34.6 Å². The summed E-state index contributed by atoms with van der Waals surface area (Å²) in [6.07, 6.45) is 46.6. The van der Waals surface area contributed by atoms with Gasteiger partial charge in [-0.05, 0) is 31.1 Å². The third-order valence-corrected chi connectivity index (χ3v) is 12.0. The van der Waals surface area contributed by atoms with E-state index < -0.39 is 6.10 Å². The first-order chi connectivity index (χ1) is 28.7. The highest BCUT2D eigenvalue weighted by atomic mass is 16.6. The fourth-order valence-corrected chi connectivity index (χ4v) is 7.99. The van der Waals surface area contributed by atoms with E-state index in [4.69, 9.17) is 14.2 Å². The van der Waals surface area contributed by atoms with E-state index in [1.54, 1.807) is 0 Å². The van der Waals surface area contributed by atoms with Crippen molar-refractivity contribution in [1.29, 1.82) is 0 Å². The minimum Gasteiger partial charge on any atom is -0.462 e. The van der Waals surface area contributed by atoms with E-state index in [1.807, 2.05) is 0 Å². The third kappa shape index (κ3) is 47.3. The molecule has 0 amide bonds. The van der Waals surface area contributed by atoms with Crippen LogP contribution in [0.4, 0.5) is 0 Å². The Balaban J connectivity index is 4.32. The Hall–Kier alpha value is -1.59. The fourth-order valence-electron chi connectivity index (χ4n) is 7.99. The third-order valence-electron chi connectivity index (χ3n) is 12.0. The zero-order valence-electron chi connectivity index (χ0n) is 40.4. The minimum atomic E-state index is -0.761. The molecule has 0 aromatic heterocycles. The zero-order valence-corrected chi connectivity index (χ0v) is 40.4. The topological polar surface area (TPSA) is 78.9 Å². The van der Waals surface area contributed by atoms with Crippen LogP contribution < -0.4 is 0 Å². The molecule has 0 N–H and O–H groups in total. The highest BCUT2D eigenvalue weighted by molar-refractivity contribution is 5.71. The van der Waals surface area contributed by atoms with Gasteiger partial charge in [0.25, 0.3) is 0 Å². The first-order valence-electron chi connectivity index (χ1n) is 26.2. The molecule has 0 aliphatic carbocycles. The molecule has 0 aliphatic heterocycles. The van der Waals surface area contributed by atoms with Crippen molar-refractivity contribution in [1.82, 2.24) is 0 Å². The summed E-state index contributed by atoms with van der Waals surface area (Å²) in [5.74, 6) is 0.804. The zero-order chi connectivity index (χ0) is 43.3. The first kappa shape index (κ1) is 57.4. The summed E-state index contributed by atoms with van der Waals surface area (Å²) in [6, 6.07) is 0. The molecular formula is C53H102O6. The summed E-state index contributed by atoms with van der Waals surface area (Å²) in [4.78, 5) is 38.0. The highest BCUT2D eigenvalue weighted by Crippen LogP contribution is 2.17. The van der Waals surface area contributed by atoms with Crippen LogP contribution >= 0.6 is 0 Å². The van der Waals surface area contributed by atoms with Gasteiger partial charge in [0.1, 0.15) is 13.2 Å². The van der Waals surface area contributed by atoms with E-state index in [9.17, 15) is 14.4 Å². The van der Waals surface area contributed by atoms with E-state index in [0.29, 0.717) is 19.3 Å². The average molecular weight is 835 g/mol. The number of carbonyl (C=O) groups excluding carboxylic acids is 3. The normalized spacial score (nSPS) is 12.1. The van der Waals surface area contributed by atoms with Gasteiger partial charge in [0.2, 0.25) is 0 Å². The lowest BCUT2D eigenvalue weighted by atomic mass is 10.0. The Morgan fingerprint density at radius 1 is 0.322 bits per heavy atom. The van der Waals surface area contributed by atoms with Gasteiger partial charge in [-0.25, -0.2) is 0 Å². The van der Waals surface area contributed by atoms with Gasteiger partial charge in [0, 0.05) is 19.3 Å². The second-order valence-electron chi connectivity index (χ2n) is 19.1. The number of hydrogen-bond acceptors (Lipinski definition) is 6. The molecule has 0 rings (SSSR count). The summed E-state index contributed by atoms with van der Waals surface area (Å²) in [6.45, 7) is 11.4. The van der Waals surface area contributed by atoms with Crippen molar-refractivity contribution in [3.8, 4) is 0 Å². The average Bonchev–Trinajstić information content (AvgIpc) is 3.20. The van der Waals surface area contributed by atoms with Crippen LogP contribution in [-0.2, 0) is 28.6 Å². The van der Waals surface area contributed by atoms with Crippen LogP contribution in [0.5, 0.6) is 0 Å². The van der Waals surface area contributed by atoms with Crippen molar-refractivity contribution in [2.75, 3.05) is 13.2 Å². The highest BCUT2D eigenvalue weighted by Gasteiger charge is 2.19.